The predicted molar refractivity (Wildman–Crippen MR) is 110 cm³/mol. The Balaban J connectivity index is 1.86. The molecule has 2 aromatic rings. The van der Waals surface area contributed by atoms with E-state index in [4.69, 9.17) is 4.74 Å². The fraction of sp³-hybridized carbons (Fsp3) is 0.409. The van der Waals surface area contributed by atoms with E-state index >= 15 is 0 Å². The minimum atomic E-state index is -0.701. The molecule has 2 atom stereocenters. The molecule has 1 aromatic carbocycles. The van der Waals surface area contributed by atoms with Crippen molar-refractivity contribution < 1.29 is 27.8 Å². The van der Waals surface area contributed by atoms with Gasteiger partial charge in [-0.05, 0) is 56.7 Å². The number of anilines is 1. The maximum absolute atomic E-state index is 14.5. The van der Waals surface area contributed by atoms with E-state index in [2.05, 4.69) is 15.0 Å². The summed E-state index contributed by atoms with van der Waals surface area (Å²) >= 11 is 0. The van der Waals surface area contributed by atoms with Gasteiger partial charge in [-0.1, -0.05) is 0 Å². The highest BCUT2D eigenvalue weighted by molar-refractivity contribution is 5.89. The van der Waals surface area contributed by atoms with Crippen molar-refractivity contribution in [3.63, 3.8) is 0 Å². The number of carbonyl (C=O) groups excluding carboxylic acids is 2. The van der Waals surface area contributed by atoms with Crippen molar-refractivity contribution in [1.82, 2.24) is 10.3 Å². The Labute approximate surface area is 179 Å². The van der Waals surface area contributed by atoms with Crippen LogP contribution < -0.4 is 10.2 Å². The molecule has 1 aromatic heterocycles. The van der Waals surface area contributed by atoms with Crippen molar-refractivity contribution in [1.29, 1.82) is 0 Å². The van der Waals surface area contributed by atoms with Crippen LogP contribution in [0.15, 0.2) is 36.5 Å². The van der Waals surface area contributed by atoms with Crippen molar-refractivity contribution in [2.24, 2.45) is 0 Å². The predicted octanol–water partition coefficient (Wildman–Crippen LogP) is 3.64. The molecule has 7 nitrogen and oxygen atoms in total. The highest BCUT2D eigenvalue weighted by Gasteiger charge is 2.38. The molecule has 2 unspecified atom stereocenters. The van der Waals surface area contributed by atoms with Crippen LogP contribution in [-0.4, -0.2) is 48.9 Å². The van der Waals surface area contributed by atoms with Gasteiger partial charge in [0.2, 0.25) is 0 Å². The highest BCUT2D eigenvalue weighted by atomic mass is 19.1. The summed E-state index contributed by atoms with van der Waals surface area (Å²) in [5, 5.41) is 2.78. The van der Waals surface area contributed by atoms with Gasteiger partial charge in [-0.15, -0.1) is 0 Å². The van der Waals surface area contributed by atoms with E-state index in [1.54, 1.807) is 32.9 Å². The Bertz CT molecular complexity index is 960. The molecule has 0 bridgehead atoms. The summed E-state index contributed by atoms with van der Waals surface area (Å²) in [6.45, 7) is 5.80. The van der Waals surface area contributed by atoms with Gasteiger partial charge in [-0.3, -0.25) is 0 Å². The molecule has 1 aliphatic rings. The normalized spacial score (nSPS) is 18.6. The zero-order valence-electron chi connectivity index (χ0n) is 17.8. The third-order valence-corrected chi connectivity index (χ3v) is 4.87. The first-order chi connectivity index (χ1) is 14.6. The van der Waals surface area contributed by atoms with Gasteiger partial charge in [0.15, 0.2) is 0 Å². The van der Waals surface area contributed by atoms with Crippen molar-refractivity contribution in [2.45, 2.75) is 38.3 Å². The average Bonchev–Trinajstić information content (AvgIpc) is 3.11. The van der Waals surface area contributed by atoms with Gasteiger partial charge in [0.05, 0.1) is 18.7 Å². The number of amides is 1. The summed E-state index contributed by atoms with van der Waals surface area (Å²) in [5.41, 5.74) is -0.246. The number of carbonyl (C=O) groups is 2. The zero-order valence-corrected chi connectivity index (χ0v) is 17.8. The van der Waals surface area contributed by atoms with E-state index in [-0.39, 0.29) is 12.1 Å². The van der Waals surface area contributed by atoms with Gasteiger partial charge >= 0.3 is 12.1 Å². The third kappa shape index (κ3) is 5.48. The van der Waals surface area contributed by atoms with Crippen LogP contribution in [0.5, 0.6) is 0 Å². The van der Waals surface area contributed by atoms with E-state index in [0.29, 0.717) is 17.9 Å². The molecular weight excluding hydrogens is 408 g/mol. The van der Waals surface area contributed by atoms with E-state index < -0.39 is 41.3 Å². The van der Waals surface area contributed by atoms with Crippen molar-refractivity contribution in [3.8, 4) is 0 Å². The molecule has 1 saturated heterocycles. The Kier molecular flexibility index (Phi) is 6.42. The molecule has 0 saturated carbocycles. The average molecular weight is 433 g/mol. The zero-order chi connectivity index (χ0) is 22.8. The number of aromatic nitrogens is 1. The first kappa shape index (κ1) is 22.5. The number of hydrogen-bond donors (Lipinski definition) is 1. The van der Waals surface area contributed by atoms with E-state index in [9.17, 15) is 18.4 Å². The molecule has 0 radical (unpaired) electrons. The van der Waals surface area contributed by atoms with Crippen LogP contribution in [0.2, 0.25) is 0 Å². The lowest BCUT2D eigenvalue weighted by molar-refractivity contribution is 0.0503. The molecule has 1 fully saturated rings. The van der Waals surface area contributed by atoms with Gasteiger partial charge in [0, 0.05) is 25.2 Å². The SMILES string of the molecule is COC(=O)c1ccc(N2CC(NC(=O)OC(C)(C)C)C(c3cc(F)ccc3F)C2)nc1. The van der Waals surface area contributed by atoms with Crippen LogP contribution in [-0.2, 0) is 9.47 Å². The Morgan fingerprint density at radius 2 is 1.90 bits per heavy atom. The number of benzene rings is 1. The van der Waals surface area contributed by atoms with Crippen molar-refractivity contribution >= 4 is 17.9 Å². The smallest absolute Gasteiger partial charge is 0.407 e. The molecule has 1 N–H and O–H groups in total. The maximum atomic E-state index is 14.5. The third-order valence-electron chi connectivity index (χ3n) is 4.87. The molecule has 1 amide bonds. The molecule has 3 rings (SSSR count). The Morgan fingerprint density at radius 1 is 1.16 bits per heavy atom. The van der Waals surface area contributed by atoms with E-state index in [1.165, 1.54) is 13.3 Å². The topological polar surface area (TPSA) is 80.8 Å². The number of pyridine rings is 1. The fourth-order valence-corrected chi connectivity index (χ4v) is 3.52. The van der Waals surface area contributed by atoms with Crippen LogP contribution in [0.25, 0.3) is 0 Å². The number of rotatable bonds is 4. The van der Waals surface area contributed by atoms with E-state index in [1.807, 2.05) is 4.90 Å². The number of nitrogens with zero attached hydrogens (tertiary/aromatic N) is 2. The van der Waals surface area contributed by atoms with Gasteiger partial charge < -0.3 is 19.7 Å². The van der Waals surface area contributed by atoms with Gasteiger partial charge in [0.1, 0.15) is 23.1 Å². The summed E-state index contributed by atoms with van der Waals surface area (Å²) in [6.07, 6.45) is 0.739. The number of nitrogens with one attached hydrogen (secondary N) is 1. The number of hydrogen-bond acceptors (Lipinski definition) is 6. The fourth-order valence-electron chi connectivity index (χ4n) is 3.52. The first-order valence-electron chi connectivity index (χ1n) is 9.81. The van der Waals surface area contributed by atoms with Crippen LogP contribution in [0.1, 0.15) is 42.6 Å². The van der Waals surface area contributed by atoms with E-state index in [0.717, 1.165) is 18.2 Å². The second-order valence-corrected chi connectivity index (χ2v) is 8.33. The van der Waals surface area contributed by atoms with Crippen molar-refractivity contribution in [3.05, 3.63) is 59.3 Å². The molecular formula is C22H25F2N3O4. The second kappa shape index (κ2) is 8.87. The molecule has 1 aliphatic heterocycles. The number of alkyl carbamates (subject to hydrolysis) is 1. The summed E-state index contributed by atoms with van der Waals surface area (Å²) in [6, 6.07) is 5.92. The van der Waals surface area contributed by atoms with Gasteiger partial charge in [-0.2, -0.15) is 0 Å². The summed E-state index contributed by atoms with van der Waals surface area (Å²) in [7, 11) is 1.28. The Morgan fingerprint density at radius 3 is 2.52 bits per heavy atom. The Hall–Kier alpha value is -3.23. The van der Waals surface area contributed by atoms with Crippen LogP contribution >= 0.6 is 0 Å². The minimum Gasteiger partial charge on any atom is -0.465 e. The lowest BCUT2D eigenvalue weighted by Crippen LogP contribution is -2.43. The largest absolute Gasteiger partial charge is 0.465 e. The maximum Gasteiger partial charge on any atom is 0.407 e. The summed E-state index contributed by atoms with van der Waals surface area (Å²) in [4.78, 5) is 30.1. The van der Waals surface area contributed by atoms with Gasteiger partial charge in [0.25, 0.3) is 0 Å². The molecule has 31 heavy (non-hydrogen) atoms. The number of halogens is 2. The van der Waals surface area contributed by atoms with Crippen LogP contribution in [0.4, 0.5) is 19.4 Å². The first-order valence-corrected chi connectivity index (χ1v) is 9.81. The minimum absolute atomic E-state index is 0.162. The summed E-state index contributed by atoms with van der Waals surface area (Å²) in [5.74, 6) is -1.64. The number of ether oxygens (including phenoxy) is 2. The number of methoxy groups -OCH3 is 1. The number of esters is 1. The molecule has 0 aliphatic carbocycles. The van der Waals surface area contributed by atoms with Crippen molar-refractivity contribution in [2.75, 3.05) is 25.1 Å². The van der Waals surface area contributed by atoms with Crippen LogP contribution in [0.3, 0.4) is 0 Å². The quantitative estimate of drug-likeness (QED) is 0.742. The molecule has 166 valence electrons. The molecule has 2 heterocycles. The highest BCUT2D eigenvalue weighted by Crippen LogP contribution is 2.32. The molecule has 0 spiro atoms. The van der Waals surface area contributed by atoms with Gasteiger partial charge in [-0.25, -0.2) is 23.4 Å². The lowest BCUT2D eigenvalue weighted by Gasteiger charge is -2.24. The monoisotopic (exact) mass is 433 g/mol. The lowest BCUT2D eigenvalue weighted by atomic mass is 9.94. The van der Waals surface area contributed by atoms with Crippen LogP contribution in [0, 0.1) is 11.6 Å². The second-order valence-electron chi connectivity index (χ2n) is 8.33. The standard InChI is InChI=1S/C22H25F2N3O4/c1-22(2,3)31-21(29)26-18-12-27(19-8-5-13(10-25-19)20(28)30-4)11-16(18)15-9-14(23)6-7-17(15)24/h5-10,16,18H,11-12H2,1-4H3,(H,26,29). The molecule has 9 heteroatoms. The summed E-state index contributed by atoms with van der Waals surface area (Å²) < 4.78 is 38.4.